The Hall–Kier alpha value is -1.53. The SMILES string of the molecule is N#C[C@@H]1CNC[C@@H]1c1ccc2c(c1)CCO2. The molecule has 1 saturated heterocycles. The van der Waals surface area contributed by atoms with Gasteiger partial charge in [-0.25, -0.2) is 0 Å². The number of ether oxygens (including phenoxy) is 1. The fraction of sp³-hybridized carbons (Fsp3) is 0.462. The van der Waals surface area contributed by atoms with Crippen molar-refractivity contribution in [3.05, 3.63) is 29.3 Å². The largest absolute Gasteiger partial charge is 0.493 e. The second-order valence-electron chi connectivity index (χ2n) is 4.47. The Morgan fingerprint density at radius 3 is 3.19 bits per heavy atom. The summed E-state index contributed by atoms with van der Waals surface area (Å²) in [7, 11) is 0. The summed E-state index contributed by atoms with van der Waals surface area (Å²) in [6.45, 7) is 2.52. The van der Waals surface area contributed by atoms with Gasteiger partial charge in [0.05, 0.1) is 18.6 Å². The van der Waals surface area contributed by atoms with Crippen molar-refractivity contribution in [2.24, 2.45) is 5.92 Å². The molecule has 0 spiro atoms. The lowest BCUT2D eigenvalue weighted by molar-refractivity contribution is 0.357. The molecule has 0 amide bonds. The summed E-state index contributed by atoms with van der Waals surface area (Å²) in [6, 6.07) is 8.75. The number of nitrogens with one attached hydrogen (secondary N) is 1. The molecule has 2 aliphatic heterocycles. The van der Waals surface area contributed by atoms with Crippen molar-refractivity contribution in [1.82, 2.24) is 5.32 Å². The van der Waals surface area contributed by atoms with Crippen molar-refractivity contribution in [1.29, 1.82) is 5.26 Å². The van der Waals surface area contributed by atoms with Gasteiger partial charge in [0, 0.05) is 25.4 Å². The lowest BCUT2D eigenvalue weighted by Crippen LogP contribution is -2.08. The molecule has 16 heavy (non-hydrogen) atoms. The predicted octanol–water partition coefficient (Wildman–Crippen LogP) is 1.45. The molecule has 82 valence electrons. The second-order valence-corrected chi connectivity index (χ2v) is 4.47. The van der Waals surface area contributed by atoms with Gasteiger partial charge in [-0.2, -0.15) is 5.26 Å². The maximum absolute atomic E-state index is 9.08. The molecule has 2 atom stereocenters. The van der Waals surface area contributed by atoms with Crippen LogP contribution < -0.4 is 10.1 Å². The lowest BCUT2D eigenvalue weighted by Gasteiger charge is -2.13. The van der Waals surface area contributed by atoms with Gasteiger partial charge in [-0.1, -0.05) is 12.1 Å². The highest BCUT2D eigenvalue weighted by molar-refractivity contribution is 5.41. The second kappa shape index (κ2) is 3.80. The molecule has 0 saturated carbocycles. The maximum Gasteiger partial charge on any atom is 0.122 e. The summed E-state index contributed by atoms with van der Waals surface area (Å²) >= 11 is 0. The number of hydrogen-bond donors (Lipinski definition) is 1. The van der Waals surface area contributed by atoms with Crippen LogP contribution in [-0.2, 0) is 6.42 Å². The molecule has 3 nitrogen and oxygen atoms in total. The molecule has 0 aliphatic carbocycles. The van der Waals surface area contributed by atoms with Crippen molar-refractivity contribution in [2.75, 3.05) is 19.7 Å². The first-order chi connectivity index (χ1) is 7.88. The molecule has 1 N–H and O–H groups in total. The number of nitrogens with zero attached hydrogens (tertiary/aromatic N) is 1. The van der Waals surface area contributed by atoms with E-state index in [2.05, 4.69) is 23.5 Å². The van der Waals surface area contributed by atoms with Crippen LogP contribution in [0.1, 0.15) is 17.0 Å². The van der Waals surface area contributed by atoms with Crippen LogP contribution in [0.4, 0.5) is 0 Å². The Labute approximate surface area is 95.0 Å². The van der Waals surface area contributed by atoms with E-state index in [9.17, 15) is 0 Å². The zero-order chi connectivity index (χ0) is 11.0. The van der Waals surface area contributed by atoms with Crippen LogP contribution in [0.5, 0.6) is 5.75 Å². The highest BCUT2D eigenvalue weighted by Gasteiger charge is 2.29. The van der Waals surface area contributed by atoms with E-state index >= 15 is 0 Å². The molecule has 0 radical (unpaired) electrons. The summed E-state index contributed by atoms with van der Waals surface area (Å²) in [4.78, 5) is 0. The topological polar surface area (TPSA) is 45.0 Å². The standard InChI is InChI=1S/C13H14N2O/c14-6-11-7-15-8-12(11)9-1-2-13-10(5-9)3-4-16-13/h1-2,5,11-12,15H,3-4,7-8H2/t11-,12-/m1/s1. The van der Waals surface area contributed by atoms with Crippen LogP contribution in [-0.4, -0.2) is 19.7 Å². The smallest absolute Gasteiger partial charge is 0.122 e. The monoisotopic (exact) mass is 214 g/mol. The average Bonchev–Trinajstić information content (AvgIpc) is 2.96. The Morgan fingerprint density at radius 1 is 1.38 bits per heavy atom. The van der Waals surface area contributed by atoms with Crippen LogP contribution >= 0.6 is 0 Å². The fourth-order valence-electron chi connectivity index (χ4n) is 2.60. The number of hydrogen-bond acceptors (Lipinski definition) is 3. The van der Waals surface area contributed by atoms with E-state index < -0.39 is 0 Å². The molecule has 1 fully saturated rings. The zero-order valence-corrected chi connectivity index (χ0v) is 9.07. The van der Waals surface area contributed by atoms with Gasteiger partial charge in [0.25, 0.3) is 0 Å². The Morgan fingerprint density at radius 2 is 2.31 bits per heavy atom. The van der Waals surface area contributed by atoms with E-state index in [0.29, 0.717) is 5.92 Å². The van der Waals surface area contributed by atoms with Crippen molar-refractivity contribution < 1.29 is 4.74 Å². The highest BCUT2D eigenvalue weighted by atomic mass is 16.5. The third-order valence-electron chi connectivity index (χ3n) is 3.52. The third kappa shape index (κ3) is 1.46. The molecule has 2 heterocycles. The summed E-state index contributed by atoms with van der Waals surface area (Å²) in [5.74, 6) is 1.47. The summed E-state index contributed by atoms with van der Waals surface area (Å²) < 4.78 is 5.49. The molecule has 2 aliphatic rings. The zero-order valence-electron chi connectivity index (χ0n) is 9.07. The first kappa shape index (κ1) is 9.68. The first-order valence-electron chi connectivity index (χ1n) is 5.74. The minimum Gasteiger partial charge on any atom is -0.493 e. The fourth-order valence-corrected chi connectivity index (χ4v) is 2.60. The molecule has 0 unspecified atom stereocenters. The van der Waals surface area contributed by atoms with E-state index in [4.69, 9.17) is 10.00 Å². The first-order valence-corrected chi connectivity index (χ1v) is 5.74. The summed E-state index contributed by atoms with van der Waals surface area (Å²) in [5.41, 5.74) is 2.57. The molecule has 3 heteroatoms. The molecular weight excluding hydrogens is 200 g/mol. The Kier molecular flexibility index (Phi) is 2.30. The molecule has 1 aromatic rings. The molecule has 1 aromatic carbocycles. The van der Waals surface area contributed by atoms with Gasteiger partial charge < -0.3 is 10.1 Å². The van der Waals surface area contributed by atoms with Gasteiger partial charge in [-0.05, 0) is 17.2 Å². The van der Waals surface area contributed by atoms with Crippen molar-refractivity contribution in [3.8, 4) is 11.8 Å². The summed E-state index contributed by atoms with van der Waals surface area (Å²) in [6.07, 6.45) is 1.00. The highest BCUT2D eigenvalue weighted by Crippen LogP contribution is 2.33. The van der Waals surface area contributed by atoms with Crippen LogP contribution in [0.25, 0.3) is 0 Å². The Balaban J connectivity index is 1.92. The van der Waals surface area contributed by atoms with Crippen LogP contribution in [0.15, 0.2) is 18.2 Å². The van der Waals surface area contributed by atoms with E-state index in [1.807, 2.05) is 6.07 Å². The van der Waals surface area contributed by atoms with Crippen molar-refractivity contribution in [3.63, 3.8) is 0 Å². The van der Waals surface area contributed by atoms with Gasteiger partial charge in [0.1, 0.15) is 5.75 Å². The average molecular weight is 214 g/mol. The van der Waals surface area contributed by atoms with Crippen LogP contribution in [0, 0.1) is 17.2 Å². The predicted molar refractivity (Wildman–Crippen MR) is 60.4 cm³/mol. The van der Waals surface area contributed by atoms with Crippen LogP contribution in [0.2, 0.25) is 0 Å². The number of benzene rings is 1. The van der Waals surface area contributed by atoms with Crippen molar-refractivity contribution in [2.45, 2.75) is 12.3 Å². The number of nitriles is 1. The van der Waals surface area contributed by atoms with Gasteiger partial charge in [-0.3, -0.25) is 0 Å². The van der Waals surface area contributed by atoms with Gasteiger partial charge in [0.15, 0.2) is 0 Å². The molecular formula is C13H14N2O. The quantitative estimate of drug-likeness (QED) is 0.769. The van der Waals surface area contributed by atoms with E-state index in [1.54, 1.807) is 0 Å². The molecule has 3 rings (SSSR count). The van der Waals surface area contributed by atoms with Gasteiger partial charge >= 0.3 is 0 Å². The van der Waals surface area contributed by atoms with Gasteiger partial charge in [0.2, 0.25) is 0 Å². The lowest BCUT2D eigenvalue weighted by atomic mass is 9.89. The normalized spacial score (nSPS) is 27.2. The van der Waals surface area contributed by atoms with E-state index in [-0.39, 0.29) is 5.92 Å². The molecule has 0 aromatic heterocycles. The van der Waals surface area contributed by atoms with Crippen molar-refractivity contribution >= 4 is 0 Å². The van der Waals surface area contributed by atoms with Gasteiger partial charge in [-0.15, -0.1) is 0 Å². The number of rotatable bonds is 1. The Bertz CT molecular complexity index is 450. The maximum atomic E-state index is 9.08. The third-order valence-corrected chi connectivity index (χ3v) is 3.52. The minimum absolute atomic E-state index is 0.111. The number of fused-ring (bicyclic) bond motifs is 1. The minimum atomic E-state index is 0.111. The van der Waals surface area contributed by atoms with Crippen LogP contribution in [0.3, 0.4) is 0 Å². The summed E-state index contributed by atoms with van der Waals surface area (Å²) in [5, 5.41) is 12.4. The molecule has 0 bridgehead atoms. The van der Waals surface area contributed by atoms with E-state index in [1.165, 1.54) is 11.1 Å². The van der Waals surface area contributed by atoms with E-state index in [0.717, 1.165) is 31.9 Å².